The Labute approximate surface area is 781 Å². The molecule has 59 atom stereocenters. The van der Waals surface area contributed by atoms with Crippen molar-refractivity contribution in [3.05, 3.63) is 0 Å². The van der Waals surface area contributed by atoms with Crippen LogP contribution in [0.3, 0.4) is 0 Å². The maximum Gasteiger partial charge on any atom is 0.217 e. The number of ether oxygens (including phenoxy) is 23. The summed E-state index contributed by atoms with van der Waals surface area (Å²) in [6, 6.07) is -6.20. The van der Waals surface area contributed by atoms with Gasteiger partial charge in [0.05, 0.1) is 78.3 Å². The number of rotatable bonds is 34. The maximum atomic E-state index is 13.8. The van der Waals surface area contributed by atoms with Gasteiger partial charge in [0.25, 0.3) is 0 Å². The fourth-order valence-corrected chi connectivity index (χ4v) is 18.0. The second-order valence-electron chi connectivity index (χ2n) is 35.4. The summed E-state index contributed by atoms with van der Waals surface area (Å²) in [4.78, 5) is 40.3. The molecule has 0 aromatic heterocycles. The molecule has 800 valence electrons. The van der Waals surface area contributed by atoms with Gasteiger partial charge >= 0.3 is 0 Å². The average molecular weight is 2020 g/mol. The molecule has 0 saturated carbocycles. The number of amides is 3. The van der Waals surface area contributed by atoms with Gasteiger partial charge in [-0.05, 0) is 13.8 Å². The van der Waals surface area contributed by atoms with Crippen molar-refractivity contribution in [1.82, 2.24) is 16.0 Å². The minimum absolute atomic E-state index is 0.864. The van der Waals surface area contributed by atoms with Crippen molar-refractivity contribution in [2.45, 2.75) is 397 Å². The van der Waals surface area contributed by atoms with E-state index in [-0.39, 0.29) is 0 Å². The molecule has 12 heterocycles. The molecule has 61 nitrogen and oxygen atoms in total. The average Bonchev–Trinajstić information content (AvgIpc) is 0.751. The lowest BCUT2D eigenvalue weighted by atomic mass is 9.93. The third-order valence-electron chi connectivity index (χ3n) is 25.8. The highest BCUT2D eigenvalue weighted by atomic mass is 16.8. The largest absolute Gasteiger partial charge is 0.394 e. The molecule has 12 aliphatic heterocycles. The van der Waals surface area contributed by atoms with Crippen LogP contribution in [0, 0.1) is 0 Å². The van der Waals surface area contributed by atoms with Crippen LogP contribution in [-0.2, 0) is 123 Å². The summed E-state index contributed by atoms with van der Waals surface area (Å²) in [7, 11) is 0. The Hall–Kier alpha value is -3.79. The smallest absolute Gasteiger partial charge is 0.217 e. The zero-order valence-corrected chi connectivity index (χ0v) is 74.1. The van der Waals surface area contributed by atoms with Crippen molar-refractivity contribution in [3.8, 4) is 0 Å². The van der Waals surface area contributed by atoms with E-state index >= 15 is 0 Å². The maximum absolute atomic E-state index is 13.8. The van der Waals surface area contributed by atoms with Gasteiger partial charge in [-0.1, -0.05) is 0 Å². The summed E-state index contributed by atoms with van der Waals surface area (Å²) in [5.74, 6) is -3.08. The Morgan fingerprint density at radius 1 is 0.232 bits per heavy atom. The first-order valence-corrected chi connectivity index (χ1v) is 44.3. The van der Waals surface area contributed by atoms with Gasteiger partial charge in [0, 0.05) is 20.8 Å². The zero-order valence-electron chi connectivity index (χ0n) is 74.1. The predicted molar refractivity (Wildman–Crippen MR) is 421 cm³/mol. The molecule has 0 aromatic carbocycles. The standard InChI is InChI=1S/C77H129N3O58/c1-16-34(92)44(102)52(110)72(119-16)132-59-28(12-87)127-68(33(80-20(5)90)61(59)134-74-54(112)47(105)38(96)23(7-82)123-74)137-64-49(107)40(98)25(9-84)125-76(64)136-63-42(100)30(15-118-71-56(114)62(135-75-55(113)48(106)39(97)24(8-83)124-75)41(99)29(128-71)14-117-69-51(109)46(104)37(95)22(6-81)122-69)129-77(65(63)138-70-50(108)36(94)21(91)13-116-70)130-57-26(10-85)126-67(31(43(57)101)78-18(3)88)131-58-27(11-86)121-66(115)32(79-19(4)89)60(58)133-73-53(111)45(103)35(93)17(2)120-73/h16-17,21-77,81-87,91-115H,6-15H2,1-5H3,(H,78,88)(H,79,89)(H,80,90)/t16-,17-,21+,22+,23+,24+,25+,26+,27+,28+,29+,30+,31+,32+,33+,34+,35+,36-,37+,38-,39+,40+,41+,42+,43+,44+,45+,46-,47-,48-,49-,50+,51-,52-,53-,54+,55-,56-,57+,58+,59+,60+,61+,62-,63-,64-,65-,66+,67-,68-,69-,70-,71-,72-,73-,74-,75+,76+,77-/m0/s1. The van der Waals surface area contributed by atoms with Gasteiger partial charge in [-0.2, -0.15) is 0 Å². The van der Waals surface area contributed by atoms with Crippen molar-refractivity contribution < 1.29 is 287 Å². The highest BCUT2D eigenvalue weighted by Crippen LogP contribution is 2.43. The van der Waals surface area contributed by atoms with E-state index in [2.05, 4.69) is 16.0 Å². The minimum atomic E-state index is -2.72. The molecule has 0 radical (unpaired) electrons. The number of aliphatic hydroxyl groups excluding tert-OH is 32. The number of carbonyl (C=O) groups excluding carboxylic acids is 3. The van der Waals surface area contributed by atoms with E-state index in [1.54, 1.807) is 0 Å². The van der Waals surface area contributed by atoms with Crippen LogP contribution in [0.2, 0.25) is 0 Å². The molecular weight excluding hydrogens is 1890 g/mol. The highest BCUT2D eigenvalue weighted by Gasteiger charge is 2.64. The van der Waals surface area contributed by atoms with E-state index in [9.17, 15) is 178 Å². The minimum Gasteiger partial charge on any atom is -0.394 e. The molecule has 0 aliphatic carbocycles. The molecule has 12 saturated heterocycles. The molecule has 3 amide bonds. The van der Waals surface area contributed by atoms with Crippen LogP contribution in [0.25, 0.3) is 0 Å². The van der Waals surface area contributed by atoms with Crippen molar-refractivity contribution in [2.24, 2.45) is 0 Å². The first kappa shape index (κ1) is 113. The van der Waals surface area contributed by atoms with Gasteiger partial charge in [0.15, 0.2) is 75.5 Å². The first-order chi connectivity index (χ1) is 65.3. The van der Waals surface area contributed by atoms with Gasteiger partial charge in [0.1, 0.15) is 274 Å². The highest BCUT2D eigenvalue weighted by molar-refractivity contribution is 5.74. The second kappa shape index (κ2) is 48.9. The van der Waals surface area contributed by atoms with Crippen molar-refractivity contribution in [1.29, 1.82) is 0 Å². The van der Waals surface area contributed by atoms with Crippen LogP contribution in [0.5, 0.6) is 0 Å². The number of hydrogen-bond donors (Lipinski definition) is 35. The Bertz CT molecular complexity index is 3760. The van der Waals surface area contributed by atoms with Crippen molar-refractivity contribution in [3.63, 3.8) is 0 Å². The fraction of sp³-hybridized carbons (Fsp3) is 0.961. The molecule has 0 spiro atoms. The van der Waals surface area contributed by atoms with Crippen LogP contribution in [-0.4, -0.2) is 609 Å². The third kappa shape index (κ3) is 24.4. The SMILES string of the molecule is CC(=O)N[C@@H]1[C@@H](O[C@@H]2O[C@@H](C)[C@@H](O)[C@@H](O)[C@@H]2O)[C@H](O[C@@H]2O[C@H](CO)[C@@H](O[C@@H]3O[C@H](CO[C@H]4O[C@H](CO[C@H]5O[C@H](CO)[C@@H](O)[C@H](O)[C@@H]5O)[C@@H](O)[C@H](O[C@H]5O[C@H](CO)[C@@H](O)[C@H](O)[C@@H]5O)[C@@H]4O)[C@@H](O)[C@H](O[C@H]4O[C@H](CO)[C@@H](O)[C@H](O)[C@@H]4O[C@@H]4O[C@H](CO)[C@@H](O[C@@H]5O[C@@H](C)[C@@H](O)[C@@H](O)[C@@H]5O)[C@H](O[C@@H]5O[C@H](CO)[C@H](O)[C@H](O)[C@H]5O)[C@H]4NC(C)=O)[C@@H]3O[C@@H]3OC[C@@H](O)[C@H](O)[C@H]3O)[C@H](O)[C@H]2NC(C)=O)[C@@H](CO)O[C@H]1O. The summed E-state index contributed by atoms with van der Waals surface area (Å²) in [5.41, 5.74) is 0. The van der Waals surface area contributed by atoms with Crippen LogP contribution in [0.1, 0.15) is 34.6 Å². The van der Waals surface area contributed by atoms with Gasteiger partial charge < -0.3 is 288 Å². The normalized spacial score (nSPS) is 51.6. The van der Waals surface area contributed by atoms with E-state index in [1.807, 2.05) is 0 Å². The third-order valence-corrected chi connectivity index (χ3v) is 25.8. The van der Waals surface area contributed by atoms with E-state index in [1.165, 1.54) is 13.8 Å². The van der Waals surface area contributed by atoms with Crippen molar-refractivity contribution in [2.75, 3.05) is 66.1 Å². The number of nitrogens with one attached hydrogen (secondary N) is 3. The molecule has 35 N–H and O–H groups in total. The summed E-state index contributed by atoms with van der Waals surface area (Å²) in [6.45, 7) is -6.66. The molecule has 12 fully saturated rings. The Morgan fingerprint density at radius 2 is 0.529 bits per heavy atom. The van der Waals surface area contributed by atoms with E-state index < -0.39 is 446 Å². The topological polar surface area (TPSA) is 947 Å². The number of carbonyl (C=O) groups is 3. The molecule has 0 aromatic rings. The number of aliphatic hydroxyl groups is 32. The van der Waals surface area contributed by atoms with Gasteiger partial charge in [-0.3, -0.25) is 14.4 Å². The lowest BCUT2D eigenvalue weighted by molar-refractivity contribution is -0.414. The van der Waals surface area contributed by atoms with E-state index in [4.69, 9.17) is 109 Å². The Morgan fingerprint density at radius 3 is 1.00 bits per heavy atom. The first-order valence-electron chi connectivity index (χ1n) is 44.3. The van der Waals surface area contributed by atoms with Gasteiger partial charge in [-0.25, -0.2) is 0 Å². The summed E-state index contributed by atoms with van der Waals surface area (Å²) >= 11 is 0. The van der Waals surface area contributed by atoms with Crippen LogP contribution in [0.4, 0.5) is 0 Å². The molecule has 12 rings (SSSR count). The lowest BCUT2D eigenvalue weighted by Gasteiger charge is -2.53. The van der Waals surface area contributed by atoms with Crippen LogP contribution < -0.4 is 16.0 Å². The van der Waals surface area contributed by atoms with E-state index in [0.717, 1.165) is 20.8 Å². The summed E-state index contributed by atoms with van der Waals surface area (Å²) in [6.07, 6.45) is -123. The van der Waals surface area contributed by atoms with Crippen LogP contribution in [0.15, 0.2) is 0 Å². The van der Waals surface area contributed by atoms with E-state index in [0.29, 0.717) is 0 Å². The lowest BCUT2D eigenvalue weighted by Crippen LogP contribution is -2.72. The van der Waals surface area contributed by atoms with Gasteiger partial charge in [0.2, 0.25) is 17.7 Å². The summed E-state index contributed by atoms with van der Waals surface area (Å²) in [5, 5.41) is 368. The second-order valence-corrected chi connectivity index (χ2v) is 35.4. The zero-order chi connectivity index (χ0) is 101. The number of hydrogen-bond acceptors (Lipinski definition) is 58. The molecule has 61 heteroatoms. The molecule has 12 aliphatic rings. The quantitative estimate of drug-likeness (QED) is 0.0284. The molecule has 0 unspecified atom stereocenters. The van der Waals surface area contributed by atoms with Gasteiger partial charge in [-0.15, -0.1) is 0 Å². The Balaban J connectivity index is 0.964. The predicted octanol–water partition coefficient (Wildman–Crippen LogP) is -24.0. The summed E-state index contributed by atoms with van der Waals surface area (Å²) < 4.78 is 140. The molecule has 0 bridgehead atoms. The molecular formula is C77H129N3O58. The fourth-order valence-electron chi connectivity index (χ4n) is 18.0. The van der Waals surface area contributed by atoms with Crippen molar-refractivity contribution >= 4 is 17.7 Å². The monoisotopic (exact) mass is 2020 g/mol. The molecule has 138 heavy (non-hydrogen) atoms. The Kier molecular flexibility index (Phi) is 40.0. The van der Waals surface area contributed by atoms with Crippen LogP contribution >= 0.6 is 0 Å².